The Labute approximate surface area is 223 Å². The topological polar surface area (TPSA) is 79.8 Å². The number of hydrogen-bond donors (Lipinski definition) is 2. The molecule has 0 heterocycles. The van der Waals surface area contributed by atoms with Crippen molar-refractivity contribution in [1.29, 1.82) is 0 Å². The van der Waals surface area contributed by atoms with E-state index in [-0.39, 0.29) is 0 Å². The van der Waals surface area contributed by atoms with E-state index in [0.29, 0.717) is 32.6 Å². The SMILES string of the molecule is CC(C(=O)NN=Cc1ccc(OCc2ccc(Cl)c(Cl)c2)c(Br)c1)C(=O)Nc1ccccc1Br. The molecule has 10 heteroatoms. The summed E-state index contributed by atoms with van der Waals surface area (Å²) in [5.41, 5.74) is 4.58. The summed E-state index contributed by atoms with van der Waals surface area (Å²) >= 11 is 18.8. The van der Waals surface area contributed by atoms with Crippen molar-refractivity contribution in [1.82, 2.24) is 5.43 Å². The molecule has 34 heavy (non-hydrogen) atoms. The van der Waals surface area contributed by atoms with Crippen molar-refractivity contribution in [2.75, 3.05) is 5.32 Å². The van der Waals surface area contributed by atoms with Crippen LogP contribution in [0, 0.1) is 5.92 Å². The van der Waals surface area contributed by atoms with Gasteiger partial charge in [-0.05, 0) is 92.4 Å². The normalized spacial score (nSPS) is 11.8. The lowest BCUT2D eigenvalue weighted by Gasteiger charge is -2.12. The number of hydrogen-bond acceptors (Lipinski definition) is 4. The number of anilines is 1. The molecule has 3 aromatic carbocycles. The van der Waals surface area contributed by atoms with Crippen LogP contribution in [-0.4, -0.2) is 18.0 Å². The third kappa shape index (κ3) is 7.30. The van der Waals surface area contributed by atoms with Crippen molar-refractivity contribution in [3.63, 3.8) is 0 Å². The first kappa shape index (κ1) is 26.2. The number of carbonyl (C=O) groups is 2. The van der Waals surface area contributed by atoms with Crippen molar-refractivity contribution in [2.45, 2.75) is 13.5 Å². The fourth-order valence-electron chi connectivity index (χ4n) is 2.69. The van der Waals surface area contributed by atoms with Gasteiger partial charge in [-0.25, -0.2) is 5.43 Å². The molecule has 3 aromatic rings. The number of nitrogens with zero attached hydrogens (tertiary/aromatic N) is 1. The molecule has 3 rings (SSSR count). The van der Waals surface area contributed by atoms with E-state index in [1.165, 1.54) is 13.1 Å². The van der Waals surface area contributed by atoms with Crippen LogP contribution in [0.1, 0.15) is 18.1 Å². The van der Waals surface area contributed by atoms with Crippen LogP contribution >= 0.6 is 55.1 Å². The number of ether oxygens (including phenoxy) is 1. The minimum atomic E-state index is -0.937. The zero-order valence-electron chi connectivity index (χ0n) is 17.8. The van der Waals surface area contributed by atoms with Gasteiger partial charge in [-0.2, -0.15) is 5.10 Å². The largest absolute Gasteiger partial charge is 0.488 e. The number of para-hydroxylation sites is 1. The van der Waals surface area contributed by atoms with Gasteiger partial charge in [0.1, 0.15) is 18.3 Å². The molecule has 1 atom stereocenters. The van der Waals surface area contributed by atoms with Gasteiger partial charge in [0, 0.05) is 4.47 Å². The van der Waals surface area contributed by atoms with Crippen LogP contribution in [0.15, 0.2) is 74.7 Å². The van der Waals surface area contributed by atoms with Gasteiger partial charge in [0.25, 0.3) is 5.91 Å². The predicted molar refractivity (Wildman–Crippen MR) is 143 cm³/mol. The first-order valence-corrected chi connectivity index (χ1v) is 12.3. The van der Waals surface area contributed by atoms with Crippen LogP contribution in [-0.2, 0) is 16.2 Å². The molecule has 0 aromatic heterocycles. The van der Waals surface area contributed by atoms with E-state index in [0.717, 1.165) is 15.6 Å². The lowest BCUT2D eigenvalue weighted by Crippen LogP contribution is -2.34. The monoisotopic (exact) mass is 625 g/mol. The maximum absolute atomic E-state index is 12.3. The van der Waals surface area contributed by atoms with Crippen molar-refractivity contribution in [2.24, 2.45) is 11.0 Å². The number of rotatable bonds is 8. The minimum absolute atomic E-state index is 0.318. The quantitative estimate of drug-likeness (QED) is 0.163. The summed E-state index contributed by atoms with van der Waals surface area (Å²) in [5, 5.41) is 7.61. The number of benzene rings is 3. The Balaban J connectivity index is 1.53. The zero-order valence-corrected chi connectivity index (χ0v) is 22.5. The second-order valence-corrected chi connectivity index (χ2v) is 9.68. The molecular formula is C24H19Br2Cl2N3O3. The summed E-state index contributed by atoms with van der Waals surface area (Å²) in [7, 11) is 0. The van der Waals surface area contributed by atoms with Crippen LogP contribution in [0.5, 0.6) is 5.75 Å². The first-order valence-electron chi connectivity index (χ1n) is 9.99. The Kier molecular flexibility index (Phi) is 9.53. The van der Waals surface area contributed by atoms with Crippen molar-refractivity contribution in [3.8, 4) is 5.75 Å². The van der Waals surface area contributed by atoms with Crippen LogP contribution in [0.4, 0.5) is 5.69 Å². The van der Waals surface area contributed by atoms with Gasteiger partial charge in [0.05, 0.1) is 26.4 Å². The molecule has 6 nitrogen and oxygen atoms in total. The molecular weight excluding hydrogens is 609 g/mol. The second kappa shape index (κ2) is 12.4. The third-order valence-electron chi connectivity index (χ3n) is 4.64. The van der Waals surface area contributed by atoms with Crippen LogP contribution < -0.4 is 15.5 Å². The lowest BCUT2D eigenvalue weighted by molar-refractivity contribution is -0.131. The number of hydrazone groups is 1. The standard InChI is InChI=1S/C24H19Br2Cl2N3O3/c1-14(23(32)30-21-5-3-2-4-17(21)25)24(33)31-29-12-15-7-9-22(18(26)10-15)34-13-16-6-8-19(27)20(28)11-16/h2-12,14H,13H2,1H3,(H,30,32)(H,31,33). The fourth-order valence-corrected chi connectivity index (χ4v) is 3.91. The van der Waals surface area contributed by atoms with E-state index in [1.807, 2.05) is 12.1 Å². The van der Waals surface area contributed by atoms with Gasteiger partial charge in [-0.15, -0.1) is 0 Å². The number of halogens is 4. The Morgan fingerprint density at radius 2 is 1.76 bits per heavy atom. The summed E-state index contributed by atoms with van der Waals surface area (Å²) in [6, 6.07) is 17.8. The first-order chi connectivity index (χ1) is 16.2. The lowest BCUT2D eigenvalue weighted by atomic mass is 10.1. The van der Waals surface area contributed by atoms with Crippen molar-refractivity contribution < 1.29 is 14.3 Å². The Morgan fingerprint density at radius 1 is 1.00 bits per heavy atom. The summed E-state index contributed by atoms with van der Waals surface area (Å²) < 4.78 is 7.26. The average Bonchev–Trinajstić information content (AvgIpc) is 2.81. The molecule has 0 aliphatic heterocycles. The molecule has 2 amide bonds. The maximum Gasteiger partial charge on any atom is 0.252 e. The van der Waals surface area contributed by atoms with Gasteiger partial charge in [0.2, 0.25) is 5.91 Å². The van der Waals surface area contributed by atoms with E-state index in [4.69, 9.17) is 27.9 Å². The molecule has 0 radical (unpaired) electrons. The van der Waals surface area contributed by atoms with Gasteiger partial charge < -0.3 is 10.1 Å². The Hall–Kier alpha value is -2.39. The van der Waals surface area contributed by atoms with Gasteiger partial charge in [-0.1, -0.05) is 41.4 Å². The minimum Gasteiger partial charge on any atom is -0.488 e. The van der Waals surface area contributed by atoms with Crippen molar-refractivity contribution in [3.05, 3.63) is 90.8 Å². The maximum atomic E-state index is 12.3. The summed E-state index contributed by atoms with van der Waals surface area (Å²) in [6.45, 7) is 1.83. The van der Waals surface area contributed by atoms with Crippen LogP contribution in [0.3, 0.4) is 0 Å². The molecule has 0 fully saturated rings. The van der Waals surface area contributed by atoms with Gasteiger partial charge in [0.15, 0.2) is 0 Å². The van der Waals surface area contributed by atoms with E-state index in [2.05, 4.69) is 47.7 Å². The van der Waals surface area contributed by atoms with Gasteiger partial charge >= 0.3 is 0 Å². The molecule has 1 unspecified atom stereocenters. The fraction of sp³-hybridized carbons (Fsp3) is 0.125. The third-order valence-corrected chi connectivity index (χ3v) is 6.69. The number of nitrogens with one attached hydrogen (secondary N) is 2. The molecule has 0 bridgehead atoms. The van der Waals surface area contributed by atoms with Crippen LogP contribution in [0.25, 0.3) is 0 Å². The predicted octanol–water partition coefficient (Wildman–Crippen LogP) is 6.82. The molecule has 2 N–H and O–H groups in total. The summed E-state index contributed by atoms with van der Waals surface area (Å²) in [6.07, 6.45) is 1.48. The molecule has 176 valence electrons. The van der Waals surface area contributed by atoms with E-state index in [9.17, 15) is 9.59 Å². The average molecular weight is 628 g/mol. The highest BCUT2D eigenvalue weighted by molar-refractivity contribution is 9.11. The number of carbonyl (C=O) groups excluding carboxylic acids is 2. The molecule has 0 aliphatic carbocycles. The highest BCUT2D eigenvalue weighted by atomic mass is 79.9. The smallest absolute Gasteiger partial charge is 0.252 e. The summed E-state index contributed by atoms with van der Waals surface area (Å²) in [4.78, 5) is 24.6. The van der Waals surface area contributed by atoms with Crippen molar-refractivity contribution >= 4 is 78.8 Å². The highest BCUT2D eigenvalue weighted by Gasteiger charge is 2.21. The second-order valence-electron chi connectivity index (χ2n) is 7.15. The summed E-state index contributed by atoms with van der Waals surface area (Å²) in [5.74, 6) is -1.27. The highest BCUT2D eigenvalue weighted by Crippen LogP contribution is 2.28. The van der Waals surface area contributed by atoms with E-state index < -0.39 is 17.7 Å². The van der Waals surface area contributed by atoms with Gasteiger partial charge in [-0.3, -0.25) is 9.59 Å². The molecule has 0 spiro atoms. The molecule has 0 saturated heterocycles. The number of amides is 2. The van der Waals surface area contributed by atoms with E-state index in [1.54, 1.807) is 48.5 Å². The van der Waals surface area contributed by atoms with Crippen LogP contribution in [0.2, 0.25) is 10.0 Å². The zero-order chi connectivity index (χ0) is 24.7. The molecule has 0 saturated carbocycles. The molecule has 0 aliphatic rings. The van der Waals surface area contributed by atoms with E-state index >= 15 is 0 Å². The Bertz CT molecular complexity index is 1240. The Morgan fingerprint density at radius 3 is 2.47 bits per heavy atom.